The second-order valence-electron chi connectivity index (χ2n) is 6.22. The highest BCUT2D eigenvalue weighted by molar-refractivity contribution is 7.89. The van der Waals surface area contributed by atoms with Crippen LogP contribution in [0.3, 0.4) is 0 Å². The van der Waals surface area contributed by atoms with E-state index in [2.05, 4.69) is 10.5 Å². The molecule has 1 atom stereocenters. The van der Waals surface area contributed by atoms with E-state index < -0.39 is 10.0 Å². The van der Waals surface area contributed by atoms with E-state index in [1.165, 1.54) is 4.31 Å². The molecular formula is C15H26N4O4S. The van der Waals surface area contributed by atoms with Crippen molar-refractivity contribution >= 4 is 15.9 Å². The molecule has 2 heterocycles. The van der Waals surface area contributed by atoms with Gasteiger partial charge in [-0.15, -0.1) is 0 Å². The fraction of sp³-hybridized carbons (Fsp3) is 0.733. The lowest BCUT2D eigenvalue weighted by molar-refractivity contribution is -0.135. The van der Waals surface area contributed by atoms with E-state index in [0.717, 1.165) is 0 Å². The molecule has 1 fully saturated rings. The molecule has 0 spiro atoms. The van der Waals surface area contributed by atoms with Gasteiger partial charge in [-0.3, -0.25) is 4.79 Å². The predicted octanol–water partition coefficient (Wildman–Crippen LogP) is 0.370. The van der Waals surface area contributed by atoms with E-state index in [9.17, 15) is 13.2 Å². The second kappa shape index (κ2) is 7.62. The van der Waals surface area contributed by atoms with Gasteiger partial charge < -0.3 is 14.7 Å². The van der Waals surface area contributed by atoms with Gasteiger partial charge in [0.25, 0.3) is 0 Å². The Hall–Kier alpha value is -1.45. The molecule has 1 aliphatic heterocycles. The van der Waals surface area contributed by atoms with Crippen molar-refractivity contribution in [2.75, 3.05) is 40.3 Å². The largest absolute Gasteiger partial charge is 0.360 e. The number of aryl methyl sites for hydroxylation is 2. The average molecular weight is 358 g/mol. The Bertz CT molecular complexity index is 666. The third-order valence-electron chi connectivity index (χ3n) is 4.37. The Balaban J connectivity index is 2.14. The molecule has 0 bridgehead atoms. The van der Waals surface area contributed by atoms with Crippen LogP contribution in [0.5, 0.6) is 0 Å². The average Bonchev–Trinajstić information content (AvgIpc) is 2.91. The first-order valence-electron chi connectivity index (χ1n) is 8.11. The van der Waals surface area contributed by atoms with Crippen LogP contribution in [0.15, 0.2) is 9.42 Å². The molecule has 1 aromatic rings. The van der Waals surface area contributed by atoms with Gasteiger partial charge in [0.15, 0.2) is 5.76 Å². The Morgan fingerprint density at radius 2 is 2.17 bits per heavy atom. The highest BCUT2D eigenvalue weighted by Crippen LogP contribution is 2.28. The molecule has 1 unspecified atom stereocenters. The normalized spacial score (nSPS) is 19.4. The maximum atomic E-state index is 12.9. The monoisotopic (exact) mass is 358 g/mol. The fourth-order valence-electron chi connectivity index (χ4n) is 3.04. The Morgan fingerprint density at radius 3 is 2.75 bits per heavy atom. The van der Waals surface area contributed by atoms with Crippen molar-refractivity contribution in [3.8, 4) is 0 Å². The van der Waals surface area contributed by atoms with Gasteiger partial charge in [-0.05, 0) is 33.7 Å². The lowest BCUT2D eigenvalue weighted by Crippen LogP contribution is -2.46. The number of rotatable bonds is 6. The van der Waals surface area contributed by atoms with Gasteiger partial charge in [0.1, 0.15) is 10.6 Å². The van der Waals surface area contributed by atoms with E-state index in [4.69, 9.17) is 4.52 Å². The smallest absolute Gasteiger partial charge is 0.248 e. The highest BCUT2D eigenvalue weighted by Gasteiger charge is 2.37. The minimum atomic E-state index is -3.70. The zero-order chi connectivity index (χ0) is 17.9. The van der Waals surface area contributed by atoms with Crippen LogP contribution in [0.1, 0.15) is 24.3 Å². The summed E-state index contributed by atoms with van der Waals surface area (Å²) in [6, 6.07) is 0. The SMILES string of the molecule is CNCCN(C)C(=O)C1CCCN(S(=O)(=O)c2c(C)noc2C)C1. The number of carbonyl (C=O) groups excluding carboxylic acids is 1. The van der Waals surface area contributed by atoms with Crippen LogP contribution < -0.4 is 5.32 Å². The van der Waals surface area contributed by atoms with Crippen molar-refractivity contribution in [3.05, 3.63) is 11.5 Å². The minimum absolute atomic E-state index is 0.0103. The number of aromatic nitrogens is 1. The summed E-state index contributed by atoms with van der Waals surface area (Å²) < 4.78 is 32.2. The highest BCUT2D eigenvalue weighted by atomic mass is 32.2. The summed E-state index contributed by atoms with van der Waals surface area (Å²) in [5, 5.41) is 6.73. The standard InChI is InChI=1S/C15H26N4O4S/c1-11-14(12(2)23-17-11)24(21,22)19-8-5-6-13(10-19)15(20)18(4)9-7-16-3/h13,16H,5-10H2,1-4H3. The Kier molecular flexibility index (Phi) is 6.00. The van der Waals surface area contributed by atoms with Crippen molar-refractivity contribution in [3.63, 3.8) is 0 Å². The molecule has 1 saturated heterocycles. The molecule has 1 aliphatic rings. The Morgan fingerprint density at radius 1 is 1.46 bits per heavy atom. The van der Waals surface area contributed by atoms with Crippen molar-refractivity contribution in [2.45, 2.75) is 31.6 Å². The maximum Gasteiger partial charge on any atom is 0.248 e. The van der Waals surface area contributed by atoms with Crippen LogP contribution >= 0.6 is 0 Å². The molecule has 0 aliphatic carbocycles. The third kappa shape index (κ3) is 3.79. The van der Waals surface area contributed by atoms with Gasteiger partial charge in [-0.25, -0.2) is 8.42 Å². The number of carbonyl (C=O) groups is 1. The molecule has 8 nitrogen and oxygen atoms in total. The third-order valence-corrected chi connectivity index (χ3v) is 6.48. The lowest BCUT2D eigenvalue weighted by Gasteiger charge is -2.33. The summed E-state index contributed by atoms with van der Waals surface area (Å²) in [6.07, 6.45) is 1.37. The van der Waals surface area contributed by atoms with Crippen LogP contribution in [-0.4, -0.2) is 69.0 Å². The predicted molar refractivity (Wildman–Crippen MR) is 89.0 cm³/mol. The number of amides is 1. The number of likely N-dealkylation sites (N-methyl/N-ethyl adjacent to an activating group) is 2. The van der Waals surface area contributed by atoms with Crippen molar-refractivity contribution in [2.24, 2.45) is 5.92 Å². The quantitative estimate of drug-likeness (QED) is 0.789. The molecule has 1 N–H and O–H groups in total. The van der Waals surface area contributed by atoms with Gasteiger partial charge in [0, 0.05) is 33.2 Å². The maximum absolute atomic E-state index is 12.9. The van der Waals surface area contributed by atoms with Crippen LogP contribution in [0, 0.1) is 19.8 Å². The molecule has 1 amide bonds. The summed E-state index contributed by atoms with van der Waals surface area (Å²) in [7, 11) is -0.114. The van der Waals surface area contributed by atoms with E-state index in [-0.39, 0.29) is 29.0 Å². The molecule has 0 saturated carbocycles. The van der Waals surface area contributed by atoms with Gasteiger partial charge in [-0.1, -0.05) is 5.16 Å². The molecule has 0 aromatic carbocycles. The number of hydrogen-bond acceptors (Lipinski definition) is 6. The first kappa shape index (κ1) is 18.9. The number of nitrogens with zero attached hydrogens (tertiary/aromatic N) is 3. The summed E-state index contributed by atoms with van der Waals surface area (Å²) >= 11 is 0. The van der Waals surface area contributed by atoms with E-state index in [1.807, 2.05) is 7.05 Å². The number of sulfonamides is 1. The first-order chi connectivity index (χ1) is 11.3. The zero-order valence-corrected chi connectivity index (χ0v) is 15.5. The summed E-state index contributed by atoms with van der Waals surface area (Å²) in [6.45, 7) is 5.12. The van der Waals surface area contributed by atoms with E-state index >= 15 is 0 Å². The summed E-state index contributed by atoms with van der Waals surface area (Å²) in [4.78, 5) is 14.3. The number of nitrogens with one attached hydrogen (secondary N) is 1. The number of hydrogen-bond donors (Lipinski definition) is 1. The van der Waals surface area contributed by atoms with Crippen LogP contribution in [0.25, 0.3) is 0 Å². The second-order valence-corrected chi connectivity index (χ2v) is 8.09. The van der Waals surface area contributed by atoms with Gasteiger partial charge in [0.2, 0.25) is 15.9 Å². The number of piperidine rings is 1. The zero-order valence-electron chi connectivity index (χ0n) is 14.7. The fourth-order valence-corrected chi connectivity index (χ4v) is 4.85. The minimum Gasteiger partial charge on any atom is -0.360 e. The molecule has 0 radical (unpaired) electrons. The molecule has 136 valence electrons. The van der Waals surface area contributed by atoms with Crippen molar-refractivity contribution in [1.29, 1.82) is 0 Å². The molecule has 1 aromatic heterocycles. The first-order valence-corrected chi connectivity index (χ1v) is 9.55. The summed E-state index contributed by atoms with van der Waals surface area (Å²) in [5.41, 5.74) is 0.354. The van der Waals surface area contributed by atoms with Crippen LogP contribution in [0.2, 0.25) is 0 Å². The van der Waals surface area contributed by atoms with Crippen molar-refractivity contribution in [1.82, 2.24) is 19.7 Å². The van der Waals surface area contributed by atoms with Crippen LogP contribution in [-0.2, 0) is 14.8 Å². The molecule has 24 heavy (non-hydrogen) atoms. The van der Waals surface area contributed by atoms with Crippen molar-refractivity contribution < 1.29 is 17.7 Å². The van der Waals surface area contributed by atoms with Gasteiger partial charge in [-0.2, -0.15) is 4.31 Å². The van der Waals surface area contributed by atoms with E-state index in [1.54, 1.807) is 25.8 Å². The molecule has 2 rings (SSSR count). The topological polar surface area (TPSA) is 95.8 Å². The summed E-state index contributed by atoms with van der Waals surface area (Å²) in [5.74, 6) is -0.0353. The molecule has 9 heteroatoms. The molecular weight excluding hydrogens is 332 g/mol. The van der Waals surface area contributed by atoms with Gasteiger partial charge >= 0.3 is 0 Å². The van der Waals surface area contributed by atoms with Crippen LogP contribution in [0.4, 0.5) is 0 Å². The van der Waals surface area contributed by atoms with E-state index in [0.29, 0.717) is 38.2 Å². The Labute approximate surface area is 143 Å². The lowest BCUT2D eigenvalue weighted by atomic mass is 9.98. The van der Waals surface area contributed by atoms with Gasteiger partial charge in [0.05, 0.1) is 5.92 Å².